The molecule has 2 aromatic rings. The molecule has 0 aliphatic carbocycles. The molecule has 23 heavy (non-hydrogen) atoms. The topological polar surface area (TPSA) is 82.5 Å². The molecule has 0 bridgehead atoms. The zero-order chi connectivity index (χ0) is 17.0. The normalized spacial score (nSPS) is 10.6. The summed E-state index contributed by atoms with van der Waals surface area (Å²) in [6.45, 7) is 4.01. The predicted molar refractivity (Wildman–Crippen MR) is 90.2 cm³/mol. The van der Waals surface area contributed by atoms with Gasteiger partial charge in [-0.05, 0) is 38.1 Å². The van der Waals surface area contributed by atoms with Crippen molar-refractivity contribution in [1.29, 1.82) is 0 Å². The molecule has 0 atom stereocenters. The third-order valence-corrected chi connectivity index (χ3v) is 4.14. The van der Waals surface area contributed by atoms with E-state index in [2.05, 4.69) is 10.3 Å². The third-order valence-electron chi connectivity index (χ3n) is 3.06. The Morgan fingerprint density at radius 1 is 1.35 bits per heavy atom. The van der Waals surface area contributed by atoms with E-state index in [0.717, 1.165) is 0 Å². The van der Waals surface area contributed by atoms with Crippen LogP contribution in [0.5, 0.6) is 0 Å². The van der Waals surface area contributed by atoms with Crippen molar-refractivity contribution in [2.24, 2.45) is 0 Å². The van der Waals surface area contributed by atoms with Gasteiger partial charge < -0.3 is 15.3 Å². The van der Waals surface area contributed by atoms with Gasteiger partial charge in [0.2, 0.25) is 0 Å². The van der Waals surface area contributed by atoms with Crippen LogP contribution in [0.1, 0.15) is 29.3 Å². The average molecular weight is 354 g/mol. The molecule has 8 heteroatoms. The smallest absolute Gasteiger partial charge is 0.355 e. The third kappa shape index (κ3) is 4.67. The maximum atomic E-state index is 12.4. The monoisotopic (exact) mass is 353 g/mol. The number of nitrogens with one attached hydrogen (secondary N) is 1. The summed E-state index contributed by atoms with van der Waals surface area (Å²) in [6.07, 6.45) is 0. The molecule has 0 spiro atoms. The fourth-order valence-electron chi connectivity index (χ4n) is 1.84. The van der Waals surface area contributed by atoms with Gasteiger partial charge in [0.25, 0.3) is 0 Å². The minimum atomic E-state index is -1.07. The lowest BCUT2D eigenvalue weighted by Gasteiger charge is -2.26. The van der Waals surface area contributed by atoms with Gasteiger partial charge in [0.1, 0.15) is 5.01 Å². The molecule has 1 heterocycles. The quantitative estimate of drug-likeness (QED) is 0.852. The number of aromatic nitrogens is 1. The largest absolute Gasteiger partial charge is 0.476 e. The minimum Gasteiger partial charge on any atom is -0.476 e. The molecule has 0 fully saturated rings. The van der Waals surface area contributed by atoms with Crippen LogP contribution in [0.2, 0.25) is 5.02 Å². The lowest BCUT2D eigenvalue weighted by molar-refractivity contribution is 0.0691. The number of carbonyl (C=O) groups is 2. The number of urea groups is 1. The summed E-state index contributed by atoms with van der Waals surface area (Å²) in [5, 5.41) is 14.3. The first-order valence-corrected chi connectivity index (χ1v) is 8.13. The maximum Gasteiger partial charge on any atom is 0.355 e. The standard InChI is InChI=1S/C15H16ClN3O3S/c1-9(2)19(7-13-18-12(8-23-13)14(20)21)15(22)17-11-5-3-10(16)4-6-11/h3-6,8-9H,7H2,1-2H3,(H,17,22)(H,20,21). The molecule has 0 saturated heterocycles. The van der Waals surface area contributed by atoms with Crippen LogP contribution in [-0.4, -0.2) is 33.0 Å². The van der Waals surface area contributed by atoms with Gasteiger partial charge in [0.05, 0.1) is 6.54 Å². The van der Waals surface area contributed by atoms with Crippen LogP contribution >= 0.6 is 22.9 Å². The number of aromatic carboxylic acids is 1. The number of anilines is 1. The van der Waals surface area contributed by atoms with Crippen LogP contribution in [-0.2, 0) is 6.54 Å². The first-order chi connectivity index (χ1) is 10.9. The molecule has 0 saturated carbocycles. The van der Waals surface area contributed by atoms with E-state index < -0.39 is 5.97 Å². The Morgan fingerprint density at radius 2 is 2.00 bits per heavy atom. The van der Waals surface area contributed by atoms with Crippen molar-refractivity contribution in [3.05, 3.63) is 45.4 Å². The molecule has 122 valence electrons. The van der Waals surface area contributed by atoms with Crippen LogP contribution in [0.25, 0.3) is 0 Å². The Kier molecular flexibility index (Phi) is 5.57. The molecule has 2 rings (SSSR count). The Hall–Kier alpha value is -2.12. The van der Waals surface area contributed by atoms with Gasteiger partial charge in [-0.1, -0.05) is 11.6 Å². The SMILES string of the molecule is CC(C)N(Cc1nc(C(=O)O)cs1)C(=O)Nc1ccc(Cl)cc1. The van der Waals surface area contributed by atoms with Crippen LogP contribution in [0, 0.1) is 0 Å². The van der Waals surface area contributed by atoms with Gasteiger partial charge >= 0.3 is 12.0 Å². The highest BCUT2D eigenvalue weighted by Crippen LogP contribution is 2.17. The Morgan fingerprint density at radius 3 is 2.52 bits per heavy atom. The second kappa shape index (κ2) is 7.43. The number of hydrogen-bond acceptors (Lipinski definition) is 4. The highest BCUT2D eigenvalue weighted by molar-refractivity contribution is 7.09. The van der Waals surface area contributed by atoms with Gasteiger partial charge in [-0.15, -0.1) is 11.3 Å². The Balaban J connectivity index is 2.08. The summed E-state index contributed by atoms with van der Waals surface area (Å²) < 4.78 is 0. The molecular weight excluding hydrogens is 338 g/mol. The summed E-state index contributed by atoms with van der Waals surface area (Å²) in [6, 6.07) is 6.46. The molecule has 1 aromatic carbocycles. The summed E-state index contributed by atoms with van der Waals surface area (Å²) in [5.74, 6) is -1.07. The Bertz CT molecular complexity index is 700. The first-order valence-electron chi connectivity index (χ1n) is 6.87. The maximum absolute atomic E-state index is 12.4. The number of thiazole rings is 1. The molecule has 2 amide bonds. The summed E-state index contributed by atoms with van der Waals surface area (Å²) in [5.41, 5.74) is 0.627. The van der Waals surface area contributed by atoms with Crippen molar-refractivity contribution in [3.8, 4) is 0 Å². The minimum absolute atomic E-state index is 0.00758. The summed E-state index contributed by atoms with van der Waals surface area (Å²) in [7, 11) is 0. The summed E-state index contributed by atoms with van der Waals surface area (Å²) >= 11 is 7.04. The van der Waals surface area contributed by atoms with Crippen molar-refractivity contribution < 1.29 is 14.7 Å². The molecule has 0 unspecified atom stereocenters. The number of halogens is 1. The van der Waals surface area contributed by atoms with E-state index in [0.29, 0.717) is 15.7 Å². The van der Waals surface area contributed by atoms with E-state index in [1.807, 2.05) is 13.8 Å². The molecule has 0 radical (unpaired) electrons. The number of carboxylic acids is 1. The van der Waals surface area contributed by atoms with E-state index in [9.17, 15) is 9.59 Å². The van der Waals surface area contributed by atoms with E-state index in [1.165, 1.54) is 16.7 Å². The van der Waals surface area contributed by atoms with Gasteiger partial charge in [-0.25, -0.2) is 14.6 Å². The predicted octanol–water partition coefficient (Wildman–Crippen LogP) is 3.94. The summed E-state index contributed by atoms with van der Waals surface area (Å²) in [4.78, 5) is 28.9. The fraction of sp³-hybridized carbons (Fsp3) is 0.267. The zero-order valence-corrected chi connectivity index (χ0v) is 14.2. The highest BCUT2D eigenvalue weighted by Gasteiger charge is 2.20. The van der Waals surface area contributed by atoms with Crippen molar-refractivity contribution in [1.82, 2.24) is 9.88 Å². The molecule has 0 aliphatic rings. The van der Waals surface area contributed by atoms with Crippen LogP contribution in [0.3, 0.4) is 0 Å². The number of rotatable bonds is 5. The van der Waals surface area contributed by atoms with E-state index >= 15 is 0 Å². The van der Waals surface area contributed by atoms with E-state index in [1.54, 1.807) is 29.2 Å². The lowest BCUT2D eigenvalue weighted by atomic mass is 10.3. The van der Waals surface area contributed by atoms with Gasteiger partial charge in [0, 0.05) is 22.1 Å². The van der Waals surface area contributed by atoms with Gasteiger partial charge in [-0.2, -0.15) is 0 Å². The zero-order valence-electron chi connectivity index (χ0n) is 12.6. The van der Waals surface area contributed by atoms with Crippen molar-refractivity contribution in [2.45, 2.75) is 26.4 Å². The van der Waals surface area contributed by atoms with E-state index in [-0.39, 0.29) is 24.3 Å². The Labute approximate surface area is 142 Å². The average Bonchev–Trinajstić information content (AvgIpc) is 2.95. The number of carbonyl (C=O) groups excluding carboxylic acids is 1. The van der Waals surface area contributed by atoms with Crippen molar-refractivity contribution >= 4 is 40.6 Å². The highest BCUT2D eigenvalue weighted by atomic mass is 35.5. The molecule has 2 N–H and O–H groups in total. The number of carboxylic acid groups (broad SMARTS) is 1. The lowest BCUT2D eigenvalue weighted by Crippen LogP contribution is -2.39. The van der Waals surface area contributed by atoms with Crippen LogP contribution in [0.4, 0.5) is 10.5 Å². The van der Waals surface area contributed by atoms with E-state index in [4.69, 9.17) is 16.7 Å². The van der Waals surface area contributed by atoms with Gasteiger partial charge in [-0.3, -0.25) is 0 Å². The van der Waals surface area contributed by atoms with Crippen LogP contribution < -0.4 is 5.32 Å². The first kappa shape index (κ1) is 17.2. The molecule has 6 nitrogen and oxygen atoms in total. The van der Waals surface area contributed by atoms with Crippen LogP contribution in [0.15, 0.2) is 29.6 Å². The molecule has 1 aromatic heterocycles. The van der Waals surface area contributed by atoms with Crippen molar-refractivity contribution in [3.63, 3.8) is 0 Å². The van der Waals surface area contributed by atoms with Crippen molar-refractivity contribution in [2.75, 3.05) is 5.32 Å². The van der Waals surface area contributed by atoms with Gasteiger partial charge in [0.15, 0.2) is 5.69 Å². The number of nitrogens with zero attached hydrogens (tertiary/aromatic N) is 2. The second-order valence-corrected chi connectivity index (χ2v) is 6.47. The molecular formula is C15H16ClN3O3S. The number of hydrogen-bond donors (Lipinski definition) is 2. The number of benzene rings is 1. The second-order valence-electron chi connectivity index (χ2n) is 5.09. The fourth-order valence-corrected chi connectivity index (χ4v) is 2.74. The number of amides is 2. The molecule has 0 aliphatic heterocycles.